The predicted octanol–water partition coefficient (Wildman–Crippen LogP) is 4.29. The summed E-state index contributed by atoms with van der Waals surface area (Å²) in [5.74, 6) is 0.922. The van der Waals surface area contributed by atoms with Gasteiger partial charge in [0.15, 0.2) is 0 Å². The van der Waals surface area contributed by atoms with E-state index in [2.05, 4.69) is 51.2 Å². The Hall–Kier alpha value is -0.740. The van der Waals surface area contributed by atoms with E-state index in [1.807, 2.05) is 17.8 Å². The topological polar surface area (TPSA) is 15.3 Å². The maximum Gasteiger partial charge on any atom is 0.129 e. The Morgan fingerprint density at radius 1 is 1.33 bits per heavy atom. The molecule has 0 amide bonds. The van der Waals surface area contributed by atoms with Crippen molar-refractivity contribution in [2.45, 2.75) is 52.2 Å². The van der Waals surface area contributed by atoms with E-state index in [0.717, 1.165) is 23.4 Å². The van der Waals surface area contributed by atoms with Crippen molar-refractivity contribution in [3.8, 4) is 0 Å². The summed E-state index contributed by atoms with van der Waals surface area (Å²) in [6, 6.07) is 5.79. The zero-order chi connectivity index (χ0) is 16.0. The maximum absolute atomic E-state index is 14.3. The minimum absolute atomic E-state index is 0.0262. The van der Waals surface area contributed by atoms with E-state index >= 15 is 0 Å². The summed E-state index contributed by atoms with van der Waals surface area (Å²) in [5, 5.41) is 3.39. The van der Waals surface area contributed by atoms with Crippen molar-refractivity contribution in [1.82, 2.24) is 5.32 Å². The summed E-state index contributed by atoms with van der Waals surface area (Å²) in [7, 11) is 2.07. The molecule has 0 saturated carbocycles. The molecule has 1 aromatic rings. The summed E-state index contributed by atoms with van der Waals surface area (Å²) in [5.41, 5.74) is 1.73. The first-order valence-corrected chi connectivity index (χ1v) is 8.93. The Morgan fingerprint density at radius 2 is 2.00 bits per heavy atom. The number of hydrogen-bond donors (Lipinski definition) is 1. The van der Waals surface area contributed by atoms with Gasteiger partial charge < -0.3 is 10.2 Å². The number of rotatable bonds is 7. The van der Waals surface area contributed by atoms with Gasteiger partial charge in [0.1, 0.15) is 5.82 Å². The van der Waals surface area contributed by atoms with E-state index < -0.39 is 0 Å². The second kappa shape index (κ2) is 8.04. The lowest BCUT2D eigenvalue weighted by Crippen LogP contribution is -2.37. The SMILES string of the molecule is CCC(CSC)N(C)c1cccc(F)c1CNC(C)(C)C. The van der Waals surface area contributed by atoms with Gasteiger partial charge in [0, 0.05) is 42.2 Å². The van der Waals surface area contributed by atoms with Gasteiger partial charge in [-0.2, -0.15) is 11.8 Å². The van der Waals surface area contributed by atoms with Gasteiger partial charge in [-0.3, -0.25) is 0 Å². The fraction of sp³-hybridized carbons (Fsp3) is 0.647. The van der Waals surface area contributed by atoms with E-state index in [4.69, 9.17) is 0 Å². The Balaban J connectivity index is 3.03. The van der Waals surface area contributed by atoms with E-state index in [0.29, 0.717) is 12.6 Å². The van der Waals surface area contributed by atoms with Crippen LogP contribution in [0.3, 0.4) is 0 Å². The second-order valence-electron chi connectivity index (χ2n) is 6.47. The van der Waals surface area contributed by atoms with Gasteiger partial charge in [-0.1, -0.05) is 13.0 Å². The molecule has 1 rings (SSSR count). The molecule has 0 saturated heterocycles. The maximum atomic E-state index is 14.3. The van der Waals surface area contributed by atoms with Crippen molar-refractivity contribution in [2.75, 3.05) is 24.0 Å². The number of hydrogen-bond acceptors (Lipinski definition) is 3. The molecule has 1 unspecified atom stereocenters. The molecule has 2 nitrogen and oxygen atoms in total. The molecule has 0 radical (unpaired) electrons. The zero-order valence-electron chi connectivity index (χ0n) is 14.2. The average molecular weight is 312 g/mol. The van der Waals surface area contributed by atoms with Crippen molar-refractivity contribution in [1.29, 1.82) is 0 Å². The third-order valence-electron chi connectivity index (χ3n) is 3.65. The van der Waals surface area contributed by atoms with Crippen LogP contribution in [0.4, 0.5) is 10.1 Å². The van der Waals surface area contributed by atoms with Crippen LogP contribution in [0.25, 0.3) is 0 Å². The fourth-order valence-corrected chi connectivity index (χ4v) is 3.14. The van der Waals surface area contributed by atoms with E-state index in [1.165, 1.54) is 0 Å². The Morgan fingerprint density at radius 3 is 2.52 bits per heavy atom. The predicted molar refractivity (Wildman–Crippen MR) is 93.9 cm³/mol. The summed E-state index contributed by atoms with van der Waals surface area (Å²) in [6.45, 7) is 9.02. The van der Waals surface area contributed by atoms with Crippen LogP contribution in [-0.4, -0.2) is 30.6 Å². The van der Waals surface area contributed by atoms with Crippen LogP contribution >= 0.6 is 11.8 Å². The molecule has 0 bridgehead atoms. The molecule has 0 aliphatic rings. The number of nitrogens with zero attached hydrogens (tertiary/aromatic N) is 1. The Labute approximate surface area is 133 Å². The lowest BCUT2D eigenvalue weighted by Gasteiger charge is -2.31. The monoisotopic (exact) mass is 312 g/mol. The lowest BCUT2D eigenvalue weighted by molar-refractivity contribution is 0.418. The molecule has 120 valence electrons. The highest BCUT2D eigenvalue weighted by Crippen LogP contribution is 2.26. The third kappa shape index (κ3) is 5.51. The highest BCUT2D eigenvalue weighted by molar-refractivity contribution is 7.98. The lowest BCUT2D eigenvalue weighted by atomic mass is 10.1. The van der Waals surface area contributed by atoms with Crippen molar-refractivity contribution < 1.29 is 4.39 Å². The van der Waals surface area contributed by atoms with Gasteiger partial charge in [0.05, 0.1) is 0 Å². The molecule has 1 atom stereocenters. The minimum Gasteiger partial charge on any atom is -0.370 e. The van der Waals surface area contributed by atoms with Gasteiger partial charge in [-0.15, -0.1) is 0 Å². The van der Waals surface area contributed by atoms with Crippen LogP contribution in [0.2, 0.25) is 0 Å². The van der Waals surface area contributed by atoms with Crippen molar-refractivity contribution in [2.24, 2.45) is 0 Å². The highest BCUT2D eigenvalue weighted by Gasteiger charge is 2.19. The molecule has 0 aromatic heterocycles. The summed E-state index contributed by atoms with van der Waals surface area (Å²) in [4.78, 5) is 2.22. The first kappa shape index (κ1) is 18.3. The number of thioether (sulfide) groups is 1. The Kier molecular flexibility index (Phi) is 7.01. The smallest absolute Gasteiger partial charge is 0.129 e. The number of halogens is 1. The summed E-state index contributed by atoms with van der Waals surface area (Å²) >= 11 is 1.83. The number of benzene rings is 1. The fourth-order valence-electron chi connectivity index (χ4n) is 2.30. The van der Waals surface area contributed by atoms with Crippen LogP contribution < -0.4 is 10.2 Å². The van der Waals surface area contributed by atoms with Crippen LogP contribution in [-0.2, 0) is 6.54 Å². The largest absolute Gasteiger partial charge is 0.370 e. The number of anilines is 1. The summed E-state index contributed by atoms with van der Waals surface area (Å²) in [6.07, 6.45) is 3.17. The molecule has 4 heteroatoms. The van der Waals surface area contributed by atoms with Gasteiger partial charge in [-0.05, 0) is 45.6 Å². The molecule has 0 aliphatic heterocycles. The van der Waals surface area contributed by atoms with Crippen molar-refractivity contribution in [3.63, 3.8) is 0 Å². The molecular formula is C17H29FN2S. The first-order valence-electron chi connectivity index (χ1n) is 7.54. The molecule has 0 aliphatic carbocycles. The van der Waals surface area contributed by atoms with Crippen molar-refractivity contribution in [3.05, 3.63) is 29.6 Å². The van der Waals surface area contributed by atoms with Gasteiger partial charge in [0.2, 0.25) is 0 Å². The standard InChI is InChI=1S/C17H29FN2S/c1-7-13(12-21-6)20(5)16-10-8-9-15(18)14(16)11-19-17(2,3)4/h8-10,13,19H,7,11-12H2,1-6H3. The van der Waals surface area contributed by atoms with Crippen LogP contribution in [0.1, 0.15) is 39.7 Å². The zero-order valence-corrected chi connectivity index (χ0v) is 15.0. The Bertz CT molecular complexity index is 443. The summed E-state index contributed by atoms with van der Waals surface area (Å²) < 4.78 is 14.3. The van der Waals surface area contributed by atoms with Gasteiger partial charge in [-0.25, -0.2) is 4.39 Å². The van der Waals surface area contributed by atoms with E-state index in [1.54, 1.807) is 12.1 Å². The molecule has 1 N–H and O–H groups in total. The van der Waals surface area contributed by atoms with E-state index in [-0.39, 0.29) is 11.4 Å². The van der Waals surface area contributed by atoms with Crippen molar-refractivity contribution >= 4 is 17.4 Å². The molecule has 1 aromatic carbocycles. The third-order valence-corrected chi connectivity index (χ3v) is 4.37. The quantitative estimate of drug-likeness (QED) is 0.808. The second-order valence-corrected chi connectivity index (χ2v) is 7.38. The number of nitrogens with one attached hydrogen (secondary N) is 1. The molecule has 21 heavy (non-hydrogen) atoms. The molecule has 0 heterocycles. The first-order chi connectivity index (χ1) is 9.80. The highest BCUT2D eigenvalue weighted by atomic mass is 32.2. The normalized spacial score (nSPS) is 13.3. The van der Waals surface area contributed by atoms with Gasteiger partial charge in [0.25, 0.3) is 0 Å². The van der Waals surface area contributed by atoms with Crippen LogP contribution in [0.15, 0.2) is 18.2 Å². The minimum atomic E-state index is -0.130. The van der Waals surface area contributed by atoms with Crippen LogP contribution in [0.5, 0.6) is 0 Å². The van der Waals surface area contributed by atoms with Crippen LogP contribution in [0, 0.1) is 5.82 Å². The van der Waals surface area contributed by atoms with E-state index in [9.17, 15) is 4.39 Å². The molecule has 0 fully saturated rings. The molecule has 0 spiro atoms. The average Bonchev–Trinajstić information content (AvgIpc) is 2.41. The van der Waals surface area contributed by atoms with Gasteiger partial charge >= 0.3 is 0 Å². The molecular weight excluding hydrogens is 283 g/mol.